The van der Waals surface area contributed by atoms with Crippen LogP contribution in [-0.4, -0.2) is 26.6 Å². The molecule has 5 nitrogen and oxygen atoms in total. The molecule has 0 aromatic heterocycles. The summed E-state index contributed by atoms with van der Waals surface area (Å²) in [5, 5.41) is 7.64. The van der Waals surface area contributed by atoms with Crippen molar-refractivity contribution in [2.24, 2.45) is 11.1 Å². The number of nitrogens with one attached hydrogen (secondary N) is 1. The van der Waals surface area contributed by atoms with Gasteiger partial charge in [-0.05, 0) is 25.2 Å². The standard InChI is InChI=1S/C12H24N2O3S/c13-18(16,17)9-5-8-14-12(15)10-11-6-3-1-2-4-7-11/h11H,1-10H2,(H,14,15)(H2,13,16,17). The van der Waals surface area contributed by atoms with Gasteiger partial charge in [0, 0.05) is 13.0 Å². The van der Waals surface area contributed by atoms with E-state index in [0.29, 0.717) is 25.3 Å². The van der Waals surface area contributed by atoms with E-state index in [2.05, 4.69) is 5.32 Å². The van der Waals surface area contributed by atoms with Gasteiger partial charge >= 0.3 is 0 Å². The maximum absolute atomic E-state index is 11.7. The van der Waals surface area contributed by atoms with Crippen molar-refractivity contribution in [3.8, 4) is 0 Å². The smallest absolute Gasteiger partial charge is 0.220 e. The van der Waals surface area contributed by atoms with E-state index in [4.69, 9.17) is 5.14 Å². The Hall–Kier alpha value is -0.620. The lowest BCUT2D eigenvalue weighted by atomic mass is 9.96. The summed E-state index contributed by atoms with van der Waals surface area (Å²) in [7, 11) is -3.41. The highest BCUT2D eigenvalue weighted by molar-refractivity contribution is 7.89. The molecule has 0 atom stereocenters. The Balaban J connectivity index is 2.13. The number of carbonyl (C=O) groups excluding carboxylic acids is 1. The zero-order valence-electron chi connectivity index (χ0n) is 10.9. The summed E-state index contributed by atoms with van der Waals surface area (Å²) in [6, 6.07) is 0. The molecule has 0 bridgehead atoms. The molecule has 1 aliphatic carbocycles. The van der Waals surface area contributed by atoms with E-state index in [9.17, 15) is 13.2 Å². The maximum Gasteiger partial charge on any atom is 0.220 e. The predicted molar refractivity (Wildman–Crippen MR) is 71.4 cm³/mol. The second-order valence-electron chi connectivity index (χ2n) is 5.13. The van der Waals surface area contributed by atoms with Crippen molar-refractivity contribution >= 4 is 15.9 Å². The Bertz CT molecular complexity index is 346. The van der Waals surface area contributed by atoms with E-state index in [-0.39, 0.29) is 11.7 Å². The van der Waals surface area contributed by atoms with Crippen LogP contribution < -0.4 is 10.5 Å². The van der Waals surface area contributed by atoms with Crippen molar-refractivity contribution in [3.05, 3.63) is 0 Å². The number of sulfonamides is 1. The topological polar surface area (TPSA) is 89.3 Å². The highest BCUT2D eigenvalue weighted by Crippen LogP contribution is 2.25. The Morgan fingerprint density at radius 3 is 2.33 bits per heavy atom. The van der Waals surface area contributed by atoms with Crippen molar-refractivity contribution in [2.75, 3.05) is 12.3 Å². The summed E-state index contributed by atoms with van der Waals surface area (Å²) in [5.41, 5.74) is 0. The SMILES string of the molecule is NS(=O)(=O)CCCNC(=O)CC1CCCCCC1. The third kappa shape index (κ3) is 7.66. The summed E-state index contributed by atoms with van der Waals surface area (Å²) in [6.07, 6.45) is 8.27. The molecule has 1 saturated carbocycles. The molecule has 0 aliphatic heterocycles. The fourth-order valence-corrected chi connectivity index (χ4v) is 2.95. The fraction of sp³-hybridized carbons (Fsp3) is 0.917. The van der Waals surface area contributed by atoms with Gasteiger partial charge in [-0.25, -0.2) is 13.6 Å². The minimum absolute atomic E-state index is 0.0383. The predicted octanol–water partition coefficient (Wildman–Crippen LogP) is 1.14. The summed E-state index contributed by atoms with van der Waals surface area (Å²) < 4.78 is 21.4. The Labute approximate surface area is 110 Å². The molecule has 106 valence electrons. The van der Waals surface area contributed by atoms with Crippen molar-refractivity contribution in [2.45, 2.75) is 51.4 Å². The van der Waals surface area contributed by atoms with Gasteiger partial charge in [-0.1, -0.05) is 25.7 Å². The molecule has 1 rings (SSSR count). The molecule has 0 radical (unpaired) electrons. The lowest BCUT2D eigenvalue weighted by Crippen LogP contribution is -2.28. The van der Waals surface area contributed by atoms with Crippen LogP contribution in [0.3, 0.4) is 0 Å². The average Bonchev–Trinajstić information content (AvgIpc) is 2.52. The lowest BCUT2D eigenvalue weighted by molar-refractivity contribution is -0.122. The number of nitrogens with two attached hydrogens (primary N) is 1. The number of carbonyl (C=O) groups is 1. The van der Waals surface area contributed by atoms with Crippen LogP contribution in [0.15, 0.2) is 0 Å². The average molecular weight is 276 g/mol. The quantitative estimate of drug-likeness (QED) is 0.563. The molecule has 1 fully saturated rings. The summed E-state index contributed by atoms with van der Waals surface area (Å²) in [6.45, 7) is 0.391. The Morgan fingerprint density at radius 1 is 1.17 bits per heavy atom. The first-order chi connectivity index (χ1) is 8.47. The number of primary sulfonamides is 1. The highest BCUT2D eigenvalue weighted by atomic mass is 32.2. The molecular weight excluding hydrogens is 252 g/mol. The van der Waals surface area contributed by atoms with E-state index in [0.717, 1.165) is 12.8 Å². The zero-order valence-corrected chi connectivity index (χ0v) is 11.7. The van der Waals surface area contributed by atoms with E-state index >= 15 is 0 Å². The first-order valence-corrected chi connectivity index (χ1v) is 8.46. The third-order valence-electron chi connectivity index (χ3n) is 3.38. The Kier molecular flexibility index (Phi) is 6.63. The van der Waals surface area contributed by atoms with Gasteiger partial charge < -0.3 is 5.32 Å². The van der Waals surface area contributed by atoms with Crippen LogP contribution in [-0.2, 0) is 14.8 Å². The van der Waals surface area contributed by atoms with Crippen LogP contribution in [0.1, 0.15) is 51.4 Å². The fourth-order valence-electron chi connectivity index (χ4n) is 2.40. The second-order valence-corrected chi connectivity index (χ2v) is 6.87. The molecule has 6 heteroatoms. The van der Waals surface area contributed by atoms with Gasteiger partial charge in [-0.3, -0.25) is 4.79 Å². The first-order valence-electron chi connectivity index (χ1n) is 6.74. The summed E-state index contributed by atoms with van der Waals surface area (Å²) in [5.74, 6) is 0.471. The molecule has 0 heterocycles. The van der Waals surface area contributed by atoms with Gasteiger partial charge in [0.1, 0.15) is 0 Å². The molecule has 1 aliphatic rings. The van der Waals surface area contributed by atoms with Crippen LogP contribution in [0.4, 0.5) is 0 Å². The third-order valence-corrected chi connectivity index (χ3v) is 4.23. The number of hydrogen-bond donors (Lipinski definition) is 2. The van der Waals surface area contributed by atoms with E-state index in [1.54, 1.807) is 0 Å². The largest absolute Gasteiger partial charge is 0.356 e. The van der Waals surface area contributed by atoms with Gasteiger partial charge in [0.2, 0.25) is 15.9 Å². The van der Waals surface area contributed by atoms with Crippen LogP contribution in [0, 0.1) is 5.92 Å². The highest BCUT2D eigenvalue weighted by Gasteiger charge is 2.15. The van der Waals surface area contributed by atoms with Crippen LogP contribution in [0.2, 0.25) is 0 Å². The summed E-state index contributed by atoms with van der Waals surface area (Å²) in [4.78, 5) is 11.7. The van der Waals surface area contributed by atoms with E-state index in [1.807, 2.05) is 0 Å². The number of rotatable bonds is 6. The van der Waals surface area contributed by atoms with Crippen molar-refractivity contribution < 1.29 is 13.2 Å². The van der Waals surface area contributed by atoms with Crippen molar-refractivity contribution in [1.82, 2.24) is 5.32 Å². The van der Waals surface area contributed by atoms with Gasteiger partial charge in [-0.15, -0.1) is 0 Å². The van der Waals surface area contributed by atoms with E-state index in [1.165, 1.54) is 25.7 Å². The van der Waals surface area contributed by atoms with E-state index < -0.39 is 10.0 Å². The minimum Gasteiger partial charge on any atom is -0.356 e. The van der Waals surface area contributed by atoms with Crippen LogP contribution >= 0.6 is 0 Å². The molecule has 0 unspecified atom stereocenters. The second kappa shape index (κ2) is 7.74. The van der Waals surface area contributed by atoms with Crippen molar-refractivity contribution in [1.29, 1.82) is 0 Å². The first kappa shape index (κ1) is 15.4. The number of amides is 1. The normalized spacial score (nSPS) is 18.3. The molecule has 1 amide bonds. The van der Waals surface area contributed by atoms with Gasteiger partial charge in [-0.2, -0.15) is 0 Å². The zero-order chi connectivity index (χ0) is 13.4. The van der Waals surface area contributed by atoms with Gasteiger partial charge in [0.05, 0.1) is 5.75 Å². The lowest BCUT2D eigenvalue weighted by Gasteiger charge is -2.13. The van der Waals surface area contributed by atoms with Gasteiger partial charge in [0.15, 0.2) is 0 Å². The number of hydrogen-bond acceptors (Lipinski definition) is 3. The molecular formula is C12H24N2O3S. The Morgan fingerprint density at radius 2 is 1.78 bits per heavy atom. The van der Waals surface area contributed by atoms with Crippen LogP contribution in [0.5, 0.6) is 0 Å². The van der Waals surface area contributed by atoms with Gasteiger partial charge in [0.25, 0.3) is 0 Å². The summed E-state index contributed by atoms with van der Waals surface area (Å²) >= 11 is 0. The monoisotopic (exact) mass is 276 g/mol. The molecule has 0 spiro atoms. The minimum atomic E-state index is -3.41. The molecule has 18 heavy (non-hydrogen) atoms. The molecule has 0 saturated heterocycles. The van der Waals surface area contributed by atoms with Crippen molar-refractivity contribution in [3.63, 3.8) is 0 Å². The maximum atomic E-state index is 11.7. The van der Waals surface area contributed by atoms with Crippen LogP contribution in [0.25, 0.3) is 0 Å². The molecule has 3 N–H and O–H groups in total. The molecule has 0 aromatic carbocycles. The molecule has 0 aromatic rings.